The number of carbonyl (C=O) groups is 2. The molecule has 250 valence electrons. The molecule has 2 amide bonds. The topological polar surface area (TPSA) is 103 Å². The molecule has 0 radical (unpaired) electrons. The third-order valence-electron chi connectivity index (χ3n) is 8.03. The average molecular weight is 686 g/mol. The van der Waals surface area contributed by atoms with Crippen molar-refractivity contribution in [3.8, 4) is 6.07 Å². The molecule has 3 aromatic carbocycles. The summed E-state index contributed by atoms with van der Waals surface area (Å²) >= 11 is 12.3. The molecule has 0 bridgehead atoms. The Kier molecular flexibility index (Phi) is 10.9. The molecule has 0 aliphatic carbocycles. The van der Waals surface area contributed by atoms with Gasteiger partial charge >= 0.3 is 6.09 Å². The third kappa shape index (κ3) is 8.42. The highest BCUT2D eigenvalue weighted by molar-refractivity contribution is 6.31. The molecule has 47 heavy (non-hydrogen) atoms. The summed E-state index contributed by atoms with van der Waals surface area (Å²) in [7, 11) is 0. The molecule has 1 saturated heterocycles. The number of halogens is 4. The van der Waals surface area contributed by atoms with E-state index in [1.54, 1.807) is 39.0 Å². The van der Waals surface area contributed by atoms with Crippen LogP contribution in [0.3, 0.4) is 0 Å². The number of nitrogens with zero attached hydrogens (tertiary/aromatic N) is 1. The first-order valence-electron chi connectivity index (χ1n) is 15.4. The third-order valence-corrected chi connectivity index (χ3v) is 8.56. The number of benzene rings is 3. The molecule has 0 aromatic heterocycles. The summed E-state index contributed by atoms with van der Waals surface area (Å²) < 4.78 is 36.9. The van der Waals surface area contributed by atoms with Gasteiger partial charge in [-0.3, -0.25) is 4.79 Å². The SMILES string of the molecule is CC(C)(C)C[C@@H]1N[C@@H](C(=O)Nc2ccc(CCNC(=O)OC(C)(C)C)cc2)[C@H](c2cccc(Cl)c2F)[C@@]1(C#N)c1ccc(Cl)cc1F. The summed E-state index contributed by atoms with van der Waals surface area (Å²) in [6, 6.07) is 15.9. The Balaban J connectivity index is 1.69. The summed E-state index contributed by atoms with van der Waals surface area (Å²) in [5.41, 5.74) is -1.28. The van der Waals surface area contributed by atoms with Crippen molar-refractivity contribution in [1.29, 1.82) is 5.26 Å². The highest BCUT2D eigenvalue weighted by Crippen LogP contribution is 2.52. The van der Waals surface area contributed by atoms with E-state index in [-0.39, 0.29) is 26.6 Å². The van der Waals surface area contributed by atoms with Crippen LogP contribution in [0.4, 0.5) is 19.3 Å². The van der Waals surface area contributed by atoms with E-state index in [1.807, 2.05) is 32.9 Å². The molecule has 0 unspecified atom stereocenters. The fourth-order valence-corrected chi connectivity index (χ4v) is 6.50. The van der Waals surface area contributed by atoms with Crippen molar-refractivity contribution in [2.45, 2.75) is 83.4 Å². The number of nitrogens with one attached hydrogen (secondary N) is 3. The van der Waals surface area contributed by atoms with Gasteiger partial charge in [-0.05, 0) is 80.5 Å². The number of nitriles is 1. The van der Waals surface area contributed by atoms with Gasteiger partial charge in [-0.1, -0.05) is 74.3 Å². The van der Waals surface area contributed by atoms with Crippen molar-refractivity contribution in [1.82, 2.24) is 10.6 Å². The number of rotatable bonds is 8. The van der Waals surface area contributed by atoms with E-state index in [2.05, 4.69) is 22.0 Å². The highest BCUT2D eigenvalue weighted by atomic mass is 35.5. The minimum atomic E-state index is -1.72. The van der Waals surface area contributed by atoms with Gasteiger partial charge in [0.15, 0.2) is 0 Å². The van der Waals surface area contributed by atoms with Gasteiger partial charge < -0.3 is 20.7 Å². The first kappa shape index (κ1) is 36.1. The second kappa shape index (κ2) is 14.2. The van der Waals surface area contributed by atoms with E-state index in [4.69, 9.17) is 27.9 Å². The van der Waals surface area contributed by atoms with Gasteiger partial charge in [0.25, 0.3) is 0 Å². The second-order valence-corrected chi connectivity index (χ2v) is 14.9. The number of hydrogen-bond acceptors (Lipinski definition) is 5. The summed E-state index contributed by atoms with van der Waals surface area (Å²) in [5, 5.41) is 19.9. The largest absolute Gasteiger partial charge is 0.444 e. The zero-order chi connectivity index (χ0) is 34.7. The van der Waals surface area contributed by atoms with Crippen LogP contribution in [0.5, 0.6) is 0 Å². The first-order chi connectivity index (χ1) is 21.9. The van der Waals surface area contributed by atoms with Gasteiger partial charge in [0.05, 0.1) is 17.1 Å². The lowest BCUT2D eigenvalue weighted by atomic mass is 9.62. The Morgan fingerprint density at radius 1 is 1.02 bits per heavy atom. The predicted molar refractivity (Wildman–Crippen MR) is 181 cm³/mol. The second-order valence-electron chi connectivity index (χ2n) is 14.1. The van der Waals surface area contributed by atoms with Crippen LogP contribution in [0.25, 0.3) is 0 Å². The smallest absolute Gasteiger partial charge is 0.407 e. The van der Waals surface area contributed by atoms with Crippen molar-refractivity contribution in [3.63, 3.8) is 0 Å². The Bertz CT molecular complexity index is 1660. The molecule has 0 spiro atoms. The molecule has 7 nitrogen and oxygen atoms in total. The van der Waals surface area contributed by atoms with Crippen LogP contribution in [-0.2, 0) is 21.4 Å². The Hall–Kier alpha value is -3.71. The first-order valence-corrected chi connectivity index (χ1v) is 16.1. The number of amides is 2. The Morgan fingerprint density at radius 3 is 2.30 bits per heavy atom. The minimum absolute atomic E-state index is 0.00942. The molecule has 1 heterocycles. The molecule has 1 aliphatic heterocycles. The number of carbonyl (C=O) groups excluding carboxylic acids is 2. The summed E-state index contributed by atoms with van der Waals surface area (Å²) in [4.78, 5) is 26.1. The molecule has 1 fully saturated rings. The highest BCUT2D eigenvalue weighted by Gasteiger charge is 2.61. The maximum absolute atomic E-state index is 15.9. The van der Waals surface area contributed by atoms with Gasteiger partial charge in [0.1, 0.15) is 22.7 Å². The molecule has 4 rings (SSSR count). The van der Waals surface area contributed by atoms with Crippen LogP contribution < -0.4 is 16.0 Å². The van der Waals surface area contributed by atoms with E-state index >= 15 is 8.78 Å². The maximum atomic E-state index is 15.9. The van der Waals surface area contributed by atoms with Gasteiger partial charge in [-0.2, -0.15) is 5.26 Å². The van der Waals surface area contributed by atoms with E-state index in [0.29, 0.717) is 25.1 Å². The lowest BCUT2D eigenvalue weighted by Gasteiger charge is -2.37. The molecule has 0 saturated carbocycles. The number of anilines is 1. The molecule has 3 aromatic rings. The monoisotopic (exact) mass is 684 g/mol. The lowest BCUT2D eigenvalue weighted by molar-refractivity contribution is -0.118. The summed E-state index contributed by atoms with van der Waals surface area (Å²) in [5.74, 6) is -3.22. The van der Waals surface area contributed by atoms with Crippen LogP contribution in [-0.4, -0.2) is 36.2 Å². The molecular formula is C36H40Cl2F2N4O3. The Morgan fingerprint density at radius 2 is 1.70 bits per heavy atom. The number of alkyl carbamates (subject to hydrolysis) is 1. The molecule has 3 N–H and O–H groups in total. The molecular weight excluding hydrogens is 645 g/mol. The molecule has 11 heteroatoms. The summed E-state index contributed by atoms with van der Waals surface area (Å²) in [6.07, 6.45) is 0.379. The lowest BCUT2D eigenvalue weighted by Crippen LogP contribution is -2.45. The van der Waals surface area contributed by atoms with E-state index in [9.17, 15) is 14.9 Å². The van der Waals surface area contributed by atoms with Crippen LogP contribution in [0.15, 0.2) is 60.7 Å². The van der Waals surface area contributed by atoms with Gasteiger partial charge in [0, 0.05) is 34.8 Å². The maximum Gasteiger partial charge on any atom is 0.407 e. The zero-order valence-corrected chi connectivity index (χ0v) is 28.8. The van der Waals surface area contributed by atoms with E-state index < -0.39 is 52.7 Å². The van der Waals surface area contributed by atoms with Crippen LogP contribution in [0, 0.1) is 28.4 Å². The molecule has 4 atom stereocenters. The minimum Gasteiger partial charge on any atom is -0.444 e. The Labute approximate surface area is 285 Å². The standard InChI is InChI=1S/C36H40Cl2F2N4O3/c1-34(2,3)19-28-36(20-41,25-15-12-22(37)18-27(25)39)29(24-8-7-9-26(38)30(24)40)31(44-28)32(45)43-23-13-10-21(11-14-23)16-17-42-33(46)47-35(4,5)6/h7-15,18,28-29,31,44H,16-17,19H2,1-6H3,(H,42,46)(H,43,45)/t28-,29-,31+,36-/m0/s1. The van der Waals surface area contributed by atoms with Crippen LogP contribution >= 0.6 is 23.2 Å². The number of ether oxygens (including phenoxy) is 1. The summed E-state index contributed by atoms with van der Waals surface area (Å²) in [6.45, 7) is 11.6. The van der Waals surface area contributed by atoms with Gasteiger partial charge in [-0.25, -0.2) is 13.6 Å². The van der Waals surface area contributed by atoms with Gasteiger partial charge in [-0.15, -0.1) is 0 Å². The fourth-order valence-electron chi connectivity index (χ4n) is 6.15. The molecule has 1 aliphatic rings. The number of hydrogen-bond donors (Lipinski definition) is 3. The predicted octanol–water partition coefficient (Wildman–Crippen LogP) is 8.30. The van der Waals surface area contributed by atoms with Crippen molar-refractivity contribution in [2.75, 3.05) is 11.9 Å². The quantitative estimate of drug-likeness (QED) is 0.222. The fraction of sp³-hybridized carbons (Fsp3) is 0.417. The average Bonchev–Trinajstić information content (AvgIpc) is 3.27. The normalized spacial score (nSPS) is 21.2. The van der Waals surface area contributed by atoms with E-state index in [1.165, 1.54) is 24.3 Å². The van der Waals surface area contributed by atoms with Crippen LogP contribution in [0.2, 0.25) is 10.0 Å². The van der Waals surface area contributed by atoms with Crippen molar-refractivity contribution < 1.29 is 23.1 Å². The zero-order valence-electron chi connectivity index (χ0n) is 27.3. The van der Waals surface area contributed by atoms with Crippen molar-refractivity contribution >= 4 is 40.9 Å². The van der Waals surface area contributed by atoms with E-state index in [0.717, 1.165) is 11.6 Å². The van der Waals surface area contributed by atoms with Crippen molar-refractivity contribution in [3.05, 3.63) is 99.0 Å². The van der Waals surface area contributed by atoms with Gasteiger partial charge in [0.2, 0.25) is 5.91 Å². The van der Waals surface area contributed by atoms with Crippen molar-refractivity contribution in [2.24, 2.45) is 5.41 Å². The van der Waals surface area contributed by atoms with Crippen LogP contribution in [0.1, 0.15) is 70.6 Å².